The van der Waals surface area contributed by atoms with Crippen LogP contribution < -0.4 is 0 Å². The van der Waals surface area contributed by atoms with Crippen LogP contribution in [-0.2, 0) is 9.59 Å². The van der Waals surface area contributed by atoms with Crippen molar-refractivity contribution in [2.45, 2.75) is 32.4 Å². The number of hydrogen-bond acceptors (Lipinski definition) is 3. The van der Waals surface area contributed by atoms with Crippen LogP contribution in [0.1, 0.15) is 20.3 Å². The minimum atomic E-state index is -0.853. The maximum Gasteiger partial charge on any atom is 0.305 e. The van der Waals surface area contributed by atoms with E-state index in [0.29, 0.717) is 19.1 Å². The Morgan fingerprint density at radius 3 is 2.47 bits per heavy atom. The average molecular weight is 214 g/mol. The van der Waals surface area contributed by atoms with Crippen molar-refractivity contribution in [1.82, 2.24) is 9.80 Å². The van der Waals surface area contributed by atoms with E-state index in [0.717, 1.165) is 0 Å². The zero-order chi connectivity index (χ0) is 11.6. The minimum absolute atomic E-state index is 0.0244. The molecule has 0 spiro atoms. The van der Waals surface area contributed by atoms with Gasteiger partial charge in [0.1, 0.15) is 0 Å². The van der Waals surface area contributed by atoms with Gasteiger partial charge in [0, 0.05) is 26.1 Å². The second kappa shape index (κ2) is 4.61. The molecular weight excluding hydrogens is 196 g/mol. The van der Waals surface area contributed by atoms with Crippen molar-refractivity contribution < 1.29 is 14.7 Å². The first-order chi connectivity index (χ1) is 6.91. The molecule has 1 amide bonds. The Morgan fingerprint density at radius 2 is 2.00 bits per heavy atom. The third kappa shape index (κ3) is 2.92. The highest BCUT2D eigenvalue weighted by molar-refractivity contribution is 5.75. The number of nitrogens with zero attached hydrogens (tertiary/aromatic N) is 2. The van der Waals surface area contributed by atoms with E-state index >= 15 is 0 Å². The maximum atomic E-state index is 11.4. The summed E-state index contributed by atoms with van der Waals surface area (Å²) < 4.78 is 0. The first-order valence-corrected chi connectivity index (χ1v) is 5.11. The Bertz CT molecular complexity index is 267. The smallest absolute Gasteiger partial charge is 0.305 e. The van der Waals surface area contributed by atoms with E-state index in [-0.39, 0.29) is 18.4 Å². The molecule has 1 rings (SSSR count). The molecule has 0 aromatic carbocycles. The molecule has 0 bridgehead atoms. The quantitative estimate of drug-likeness (QED) is 0.703. The number of amides is 1. The fraction of sp³-hybridized carbons (Fsp3) is 0.800. The van der Waals surface area contributed by atoms with Gasteiger partial charge in [-0.3, -0.25) is 14.5 Å². The van der Waals surface area contributed by atoms with Gasteiger partial charge in [-0.25, -0.2) is 0 Å². The molecule has 1 aliphatic heterocycles. The molecule has 0 aromatic rings. The highest BCUT2D eigenvalue weighted by Crippen LogP contribution is 2.16. The van der Waals surface area contributed by atoms with Crippen LogP contribution in [0.4, 0.5) is 0 Å². The molecule has 86 valence electrons. The number of likely N-dealkylation sites (N-methyl/N-ethyl adjacent to an activating group) is 1. The third-order valence-corrected chi connectivity index (χ3v) is 2.97. The maximum absolute atomic E-state index is 11.4. The van der Waals surface area contributed by atoms with Crippen molar-refractivity contribution >= 4 is 11.9 Å². The molecular formula is C10H18N2O3. The van der Waals surface area contributed by atoms with Crippen LogP contribution in [0.5, 0.6) is 0 Å². The predicted octanol–water partition coefficient (Wildman–Crippen LogP) is 0.0121. The first kappa shape index (κ1) is 12.0. The summed E-state index contributed by atoms with van der Waals surface area (Å²) in [7, 11) is 1.96. The molecule has 5 heteroatoms. The van der Waals surface area contributed by atoms with Crippen molar-refractivity contribution in [3.63, 3.8) is 0 Å². The second-order valence-electron chi connectivity index (χ2n) is 4.21. The van der Waals surface area contributed by atoms with Crippen LogP contribution in [0.15, 0.2) is 0 Å². The Balaban J connectivity index is 2.72. The predicted molar refractivity (Wildman–Crippen MR) is 55.5 cm³/mol. The summed E-state index contributed by atoms with van der Waals surface area (Å²) >= 11 is 0. The van der Waals surface area contributed by atoms with E-state index in [1.807, 2.05) is 14.0 Å². The lowest BCUT2D eigenvalue weighted by molar-refractivity contribution is -0.142. The molecule has 0 unspecified atom stereocenters. The fourth-order valence-electron chi connectivity index (χ4n) is 1.95. The van der Waals surface area contributed by atoms with E-state index in [4.69, 9.17) is 5.11 Å². The standard InChI is InChI=1S/C10H18N2O3/c1-7-5-12(8(2)13)9(4-10(14)15)6-11(7)3/h7,9H,4-6H2,1-3H3,(H,14,15)/t7-,9-/m1/s1. The molecule has 1 heterocycles. The average Bonchev–Trinajstić information content (AvgIpc) is 2.09. The van der Waals surface area contributed by atoms with Gasteiger partial charge in [-0.2, -0.15) is 0 Å². The third-order valence-electron chi connectivity index (χ3n) is 2.97. The van der Waals surface area contributed by atoms with Gasteiger partial charge in [-0.05, 0) is 14.0 Å². The molecule has 15 heavy (non-hydrogen) atoms. The van der Waals surface area contributed by atoms with Crippen LogP contribution in [0.3, 0.4) is 0 Å². The number of carbonyl (C=O) groups is 2. The molecule has 1 N–H and O–H groups in total. The lowest BCUT2D eigenvalue weighted by Gasteiger charge is -2.43. The number of rotatable bonds is 2. The summed E-state index contributed by atoms with van der Waals surface area (Å²) in [6, 6.07) is 0.0974. The fourth-order valence-corrected chi connectivity index (χ4v) is 1.95. The van der Waals surface area contributed by atoms with Crippen molar-refractivity contribution in [2.75, 3.05) is 20.1 Å². The van der Waals surface area contributed by atoms with Gasteiger partial charge in [0.15, 0.2) is 0 Å². The van der Waals surface area contributed by atoms with E-state index in [1.54, 1.807) is 4.90 Å². The van der Waals surface area contributed by atoms with E-state index in [2.05, 4.69) is 4.90 Å². The Hall–Kier alpha value is -1.10. The SMILES string of the molecule is CC(=O)N1C[C@@H](C)N(C)C[C@H]1CC(=O)O. The molecule has 1 aliphatic rings. The molecule has 2 atom stereocenters. The number of hydrogen-bond donors (Lipinski definition) is 1. The summed E-state index contributed by atoms with van der Waals surface area (Å²) in [6.45, 7) is 4.77. The molecule has 5 nitrogen and oxygen atoms in total. The van der Waals surface area contributed by atoms with Gasteiger partial charge in [0.25, 0.3) is 0 Å². The summed E-state index contributed by atoms with van der Waals surface area (Å²) in [4.78, 5) is 25.8. The number of carbonyl (C=O) groups excluding carboxylic acids is 1. The Labute approximate surface area is 89.7 Å². The molecule has 0 radical (unpaired) electrons. The largest absolute Gasteiger partial charge is 0.481 e. The van der Waals surface area contributed by atoms with Gasteiger partial charge >= 0.3 is 5.97 Å². The lowest BCUT2D eigenvalue weighted by atomic mass is 10.1. The van der Waals surface area contributed by atoms with Crippen LogP contribution >= 0.6 is 0 Å². The normalized spacial score (nSPS) is 27.8. The van der Waals surface area contributed by atoms with E-state index in [1.165, 1.54) is 6.92 Å². The Kier molecular flexibility index (Phi) is 3.68. The molecule has 0 aliphatic carbocycles. The van der Waals surface area contributed by atoms with Crippen LogP contribution in [-0.4, -0.2) is 59.0 Å². The number of aliphatic carboxylic acids is 1. The van der Waals surface area contributed by atoms with Crippen molar-refractivity contribution in [2.24, 2.45) is 0 Å². The molecule has 0 aromatic heterocycles. The minimum Gasteiger partial charge on any atom is -0.481 e. The number of piperazine rings is 1. The van der Waals surface area contributed by atoms with Gasteiger partial charge in [0.2, 0.25) is 5.91 Å². The zero-order valence-electron chi connectivity index (χ0n) is 9.43. The topological polar surface area (TPSA) is 60.9 Å². The monoisotopic (exact) mass is 214 g/mol. The van der Waals surface area contributed by atoms with Crippen LogP contribution in [0.2, 0.25) is 0 Å². The van der Waals surface area contributed by atoms with Crippen molar-refractivity contribution in [1.29, 1.82) is 0 Å². The van der Waals surface area contributed by atoms with Gasteiger partial charge < -0.3 is 10.0 Å². The van der Waals surface area contributed by atoms with Gasteiger partial charge in [-0.15, -0.1) is 0 Å². The Morgan fingerprint density at radius 1 is 1.40 bits per heavy atom. The van der Waals surface area contributed by atoms with Crippen molar-refractivity contribution in [3.8, 4) is 0 Å². The highest BCUT2D eigenvalue weighted by atomic mass is 16.4. The van der Waals surface area contributed by atoms with Gasteiger partial charge in [0.05, 0.1) is 12.5 Å². The van der Waals surface area contributed by atoms with Crippen LogP contribution in [0.25, 0.3) is 0 Å². The molecule has 1 fully saturated rings. The van der Waals surface area contributed by atoms with Crippen molar-refractivity contribution in [3.05, 3.63) is 0 Å². The van der Waals surface area contributed by atoms with Crippen LogP contribution in [0, 0.1) is 0 Å². The number of carboxylic acids is 1. The number of carboxylic acid groups (broad SMARTS) is 1. The second-order valence-corrected chi connectivity index (χ2v) is 4.21. The summed E-state index contributed by atoms with van der Waals surface area (Å²) in [5.41, 5.74) is 0. The summed E-state index contributed by atoms with van der Waals surface area (Å²) in [5, 5.41) is 8.76. The van der Waals surface area contributed by atoms with E-state index < -0.39 is 5.97 Å². The highest BCUT2D eigenvalue weighted by Gasteiger charge is 2.32. The van der Waals surface area contributed by atoms with Gasteiger partial charge in [-0.1, -0.05) is 0 Å². The first-order valence-electron chi connectivity index (χ1n) is 5.11. The van der Waals surface area contributed by atoms with E-state index in [9.17, 15) is 9.59 Å². The zero-order valence-corrected chi connectivity index (χ0v) is 9.43. The molecule has 1 saturated heterocycles. The lowest BCUT2D eigenvalue weighted by Crippen LogP contribution is -2.57. The molecule has 0 saturated carbocycles. The summed E-state index contributed by atoms with van der Waals surface area (Å²) in [5.74, 6) is -0.893. The summed E-state index contributed by atoms with van der Waals surface area (Å²) in [6.07, 6.45) is 0.0244.